The van der Waals surface area contributed by atoms with Crippen molar-refractivity contribution in [2.45, 2.75) is 13.8 Å². The number of carbonyl (C=O) groups is 1. The summed E-state index contributed by atoms with van der Waals surface area (Å²) in [6.45, 7) is 4.13. The molecular formula is C29H28N2O4. The fourth-order valence-corrected chi connectivity index (χ4v) is 3.74. The average Bonchev–Trinajstić information content (AvgIpc) is 3.33. The van der Waals surface area contributed by atoms with Crippen LogP contribution in [0.25, 0.3) is 22.5 Å². The first-order chi connectivity index (χ1) is 17.0. The van der Waals surface area contributed by atoms with Gasteiger partial charge in [-0.1, -0.05) is 42.0 Å². The number of carbonyl (C=O) groups excluding carboxylic acids is 1. The average molecular weight is 469 g/mol. The van der Waals surface area contributed by atoms with E-state index in [4.69, 9.17) is 19.3 Å². The van der Waals surface area contributed by atoms with E-state index in [-0.39, 0.29) is 0 Å². The van der Waals surface area contributed by atoms with Gasteiger partial charge in [0.1, 0.15) is 11.5 Å². The van der Waals surface area contributed by atoms with Gasteiger partial charge in [-0.25, -0.2) is 9.48 Å². The van der Waals surface area contributed by atoms with Crippen molar-refractivity contribution in [2.24, 2.45) is 0 Å². The topological polar surface area (TPSA) is 62.6 Å². The molecule has 3 aromatic carbocycles. The maximum absolute atomic E-state index is 12.5. The van der Waals surface area contributed by atoms with Crippen molar-refractivity contribution in [1.29, 1.82) is 0 Å². The predicted molar refractivity (Wildman–Crippen MR) is 137 cm³/mol. The van der Waals surface area contributed by atoms with Crippen molar-refractivity contribution in [3.8, 4) is 28.4 Å². The van der Waals surface area contributed by atoms with E-state index in [0.717, 1.165) is 34.0 Å². The van der Waals surface area contributed by atoms with Gasteiger partial charge < -0.3 is 14.2 Å². The zero-order valence-corrected chi connectivity index (χ0v) is 20.3. The number of nitrogens with zero attached hydrogens (tertiary/aromatic N) is 2. The van der Waals surface area contributed by atoms with Crippen molar-refractivity contribution in [1.82, 2.24) is 9.78 Å². The molecule has 4 rings (SSSR count). The standard InChI is InChI=1S/C29H28N2O4/c1-5-35-29(32)18-26(21-10-14-24(33-3)15-11-21)27-19-28(22-8-6-20(2)7-9-22)31(30-27)23-12-16-25(34-4)17-13-23/h6-19H,5H2,1-4H3/b26-18+. The van der Waals surface area contributed by atoms with Crippen molar-refractivity contribution >= 4 is 11.5 Å². The van der Waals surface area contributed by atoms with E-state index in [1.165, 1.54) is 11.6 Å². The van der Waals surface area contributed by atoms with Crippen LogP contribution in [0, 0.1) is 6.92 Å². The van der Waals surface area contributed by atoms with Gasteiger partial charge in [0.25, 0.3) is 0 Å². The van der Waals surface area contributed by atoms with Crippen molar-refractivity contribution in [3.05, 3.63) is 102 Å². The van der Waals surface area contributed by atoms with E-state index < -0.39 is 5.97 Å². The fourth-order valence-electron chi connectivity index (χ4n) is 3.74. The lowest BCUT2D eigenvalue weighted by atomic mass is 10.0. The van der Waals surface area contributed by atoms with Crippen LogP contribution in [-0.4, -0.2) is 36.6 Å². The Morgan fingerprint density at radius 3 is 2.06 bits per heavy atom. The molecule has 0 saturated carbocycles. The molecule has 178 valence electrons. The summed E-state index contributed by atoms with van der Waals surface area (Å²) in [6.07, 6.45) is 1.49. The van der Waals surface area contributed by atoms with Crippen molar-refractivity contribution < 1.29 is 19.0 Å². The lowest BCUT2D eigenvalue weighted by Crippen LogP contribution is -2.03. The highest BCUT2D eigenvalue weighted by molar-refractivity contribution is 5.96. The molecule has 0 amide bonds. The summed E-state index contributed by atoms with van der Waals surface area (Å²) in [4.78, 5) is 12.5. The number of esters is 1. The van der Waals surface area contributed by atoms with E-state index in [1.807, 2.05) is 59.3 Å². The fraction of sp³-hybridized carbons (Fsp3) is 0.172. The van der Waals surface area contributed by atoms with Gasteiger partial charge in [-0.3, -0.25) is 0 Å². The van der Waals surface area contributed by atoms with Crippen molar-refractivity contribution in [3.63, 3.8) is 0 Å². The van der Waals surface area contributed by atoms with Crippen LogP contribution in [-0.2, 0) is 9.53 Å². The Morgan fingerprint density at radius 2 is 1.49 bits per heavy atom. The van der Waals surface area contributed by atoms with Gasteiger partial charge in [0.15, 0.2) is 0 Å². The van der Waals surface area contributed by atoms with Crippen LogP contribution in [0.2, 0.25) is 0 Å². The molecule has 0 bridgehead atoms. The maximum atomic E-state index is 12.5. The molecule has 0 saturated heterocycles. The van der Waals surface area contributed by atoms with Gasteiger partial charge in [0.2, 0.25) is 0 Å². The van der Waals surface area contributed by atoms with Crippen LogP contribution >= 0.6 is 0 Å². The number of aryl methyl sites for hydroxylation is 1. The summed E-state index contributed by atoms with van der Waals surface area (Å²) < 4.78 is 17.7. The third kappa shape index (κ3) is 5.44. The second-order valence-electron chi connectivity index (χ2n) is 7.93. The van der Waals surface area contributed by atoms with E-state index in [0.29, 0.717) is 17.9 Å². The first kappa shape index (κ1) is 23.8. The minimum atomic E-state index is -0.422. The molecule has 0 aliphatic carbocycles. The first-order valence-corrected chi connectivity index (χ1v) is 11.4. The second-order valence-corrected chi connectivity index (χ2v) is 7.93. The Bertz CT molecular complexity index is 1320. The summed E-state index contributed by atoms with van der Waals surface area (Å²) >= 11 is 0. The van der Waals surface area contributed by atoms with Crippen LogP contribution in [0.1, 0.15) is 23.7 Å². The molecule has 0 atom stereocenters. The monoisotopic (exact) mass is 468 g/mol. The minimum absolute atomic E-state index is 0.292. The summed E-state index contributed by atoms with van der Waals surface area (Å²) in [6, 6.07) is 25.5. The van der Waals surface area contributed by atoms with Crippen LogP contribution in [0.4, 0.5) is 0 Å². The highest BCUT2D eigenvalue weighted by atomic mass is 16.5. The smallest absolute Gasteiger partial charge is 0.331 e. The number of benzene rings is 3. The molecule has 0 unspecified atom stereocenters. The van der Waals surface area contributed by atoms with E-state index in [1.54, 1.807) is 21.1 Å². The third-order valence-corrected chi connectivity index (χ3v) is 5.60. The molecule has 0 fully saturated rings. The van der Waals surface area contributed by atoms with Gasteiger partial charge in [-0.15, -0.1) is 0 Å². The molecule has 0 aliphatic heterocycles. The lowest BCUT2D eigenvalue weighted by molar-refractivity contribution is -0.137. The summed E-state index contributed by atoms with van der Waals surface area (Å²) in [7, 11) is 3.26. The molecule has 0 N–H and O–H groups in total. The molecule has 0 spiro atoms. The highest BCUT2D eigenvalue weighted by Gasteiger charge is 2.18. The molecule has 1 heterocycles. The van der Waals surface area contributed by atoms with Crippen LogP contribution < -0.4 is 9.47 Å². The predicted octanol–water partition coefficient (Wildman–Crippen LogP) is 5.86. The van der Waals surface area contributed by atoms with Crippen LogP contribution in [0.5, 0.6) is 11.5 Å². The van der Waals surface area contributed by atoms with Gasteiger partial charge >= 0.3 is 5.97 Å². The molecule has 35 heavy (non-hydrogen) atoms. The normalized spacial score (nSPS) is 11.3. The second kappa shape index (κ2) is 10.7. The minimum Gasteiger partial charge on any atom is -0.497 e. The zero-order chi connectivity index (χ0) is 24.8. The Labute approximate surface area is 205 Å². The quantitative estimate of drug-likeness (QED) is 0.239. The largest absolute Gasteiger partial charge is 0.497 e. The summed E-state index contributed by atoms with van der Waals surface area (Å²) in [5.74, 6) is 1.07. The number of hydrogen-bond donors (Lipinski definition) is 0. The highest BCUT2D eigenvalue weighted by Crippen LogP contribution is 2.31. The zero-order valence-electron chi connectivity index (χ0n) is 20.3. The lowest BCUT2D eigenvalue weighted by Gasteiger charge is -2.09. The van der Waals surface area contributed by atoms with E-state index in [2.05, 4.69) is 31.2 Å². The van der Waals surface area contributed by atoms with E-state index in [9.17, 15) is 4.79 Å². The summed E-state index contributed by atoms with van der Waals surface area (Å²) in [5, 5.41) is 4.94. The Hall–Kier alpha value is -4.32. The van der Waals surface area contributed by atoms with Gasteiger partial charge in [0, 0.05) is 17.2 Å². The number of hydrogen-bond acceptors (Lipinski definition) is 5. The number of methoxy groups -OCH3 is 2. The van der Waals surface area contributed by atoms with Gasteiger partial charge in [-0.05, 0) is 61.9 Å². The van der Waals surface area contributed by atoms with Gasteiger partial charge in [-0.2, -0.15) is 5.10 Å². The summed E-state index contributed by atoms with van der Waals surface area (Å²) in [5.41, 5.74) is 6.09. The first-order valence-electron chi connectivity index (χ1n) is 11.4. The van der Waals surface area contributed by atoms with Crippen LogP contribution in [0.15, 0.2) is 84.9 Å². The molecule has 6 nitrogen and oxygen atoms in total. The third-order valence-electron chi connectivity index (χ3n) is 5.60. The van der Waals surface area contributed by atoms with E-state index >= 15 is 0 Å². The van der Waals surface area contributed by atoms with Crippen LogP contribution in [0.3, 0.4) is 0 Å². The Balaban J connectivity index is 1.89. The SMILES string of the molecule is CCOC(=O)/C=C(\c1ccc(OC)cc1)c1cc(-c2ccc(C)cc2)n(-c2ccc(OC)cc2)n1. The Kier molecular flexibility index (Phi) is 7.31. The maximum Gasteiger partial charge on any atom is 0.331 e. The van der Waals surface area contributed by atoms with Gasteiger partial charge in [0.05, 0.1) is 37.9 Å². The molecule has 6 heteroatoms. The molecule has 0 radical (unpaired) electrons. The number of aromatic nitrogens is 2. The number of ether oxygens (including phenoxy) is 3. The molecule has 1 aromatic heterocycles. The molecular weight excluding hydrogens is 440 g/mol. The molecule has 0 aliphatic rings. The van der Waals surface area contributed by atoms with Crippen molar-refractivity contribution in [2.75, 3.05) is 20.8 Å². The molecule has 4 aromatic rings. The number of rotatable bonds is 8. The Morgan fingerprint density at radius 1 is 0.886 bits per heavy atom.